The van der Waals surface area contributed by atoms with Crippen molar-refractivity contribution in [1.29, 1.82) is 0 Å². The summed E-state index contributed by atoms with van der Waals surface area (Å²) in [6.45, 7) is 4.52. The Morgan fingerprint density at radius 3 is 2.50 bits per heavy atom. The Morgan fingerprint density at radius 2 is 1.85 bits per heavy atom. The van der Waals surface area contributed by atoms with E-state index < -0.39 is 0 Å². The molecule has 0 spiro atoms. The van der Waals surface area contributed by atoms with Gasteiger partial charge in [0.25, 0.3) is 5.91 Å². The maximum absolute atomic E-state index is 12.7. The number of carbonyl (C=O) groups is 1. The number of benzene rings is 2. The van der Waals surface area contributed by atoms with E-state index in [9.17, 15) is 4.79 Å². The first-order valence-corrected chi connectivity index (χ1v) is 9.25. The normalized spacial score (nSPS) is 11.6. The molecule has 0 aromatic heterocycles. The van der Waals surface area contributed by atoms with Crippen LogP contribution in [0.15, 0.2) is 40.9 Å². The molecule has 0 aliphatic heterocycles. The van der Waals surface area contributed by atoms with Crippen molar-refractivity contribution in [2.75, 3.05) is 20.8 Å². The lowest BCUT2D eigenvalue weighted by atomic mass is 10.1. The first-order valence-electron chi connectivity index (χ1n) is 8.45. The summed E-state index contributed by atoms with van der Waals surface area (Å²) in [4.78, 5) is 12.7. The Kier molecular flexibility index (Phi) is 7.33. The number of hydrogen-bond acceptors (Lipinski definition) is 4. The molecule has 0 saturated carbocycles. The van der Waals surface area contributed by atoms with E-state index in [1.165, 1.54) is 0 Å². The SMILES string of the molecule is CCCOc1c(Br)cc(C(=O)N[C@H](C)c2ccccc2OC)cc1OC. The number of carbonyl (C=O) groups excluding carboxylic acids is 1. The lowest BCUT2D eigenvalue weighted by Gasteiger charge is -2.18. The van der Waals surface area contributed by atoms with Crippen LogP contribution in [-0.2, 0) is 0 Å². The predicted molar refractivity (Wildman–Crippen MR) is 105 cm³/mol. The molecule has 2 aromatic carbocycles. The first-order chi connectivity index (χ1) is 12.5. The van der Waals surface area contributed by atoms with Crippen LogP contribution >= 0.6 is 15.9 Å². The maximum Gasteiger partial charge on any atom is 0.251 e. The van der Waals surface area contributed by atoms with Crippen molar-refractivity contribution in [2.24, 2.45) is 0 Å². The van der Waals surface area contributed by atoms with Gasteiger partial charge in [0.05, 0.1) is 31.3 Å². The van der Waals surface area contributed by atoms with Gasteiger partial charge in [0.2, 0.25) is 0 Å². The molecule has 1 amide bonds. The standard InChI is InChI=1S/C20H24BrNO4/c1-5-10-26-19-16(21)11-14(12-18(19)25-4)20(23)22-13(2)15-8-6-7-9-17(15)24-3/h6-9,11-13H,5,10H2,1-4H3,(H,22,23)/t13-/m1/s1. The van der Waals surface area contributed by atoms with Gasteiger partial charge in [0.1, 0.15) is 5.75 Å². The summed E-state index contributed by atoms with van der Waals surface area (Å²) in [5, 5.41) is 2.99. The van der Waals surface area contributed by atoms with Crippen LogP contribution in [0.2, 0.25) is 0 Å². The van der Waals surface area contributed by atoms with Crippen molar-refractivity contribution in [2.45, 2.75) is 26.3 Å². The van der Waals surface area contributed by atoms with Gasteiger partial charge in [0, 0.05) is 11.1 Å². The van der Waals surface area contributed by atoms with Gasteiger partial charge >= 0.3 is 0 Å². The zero-order chi connectivity index (χ0) is 19.1. The minimum absolute atomic E-state index is 0.204. The van der Waals surface area contributed by atoms with Gasteiger partial charge in [-0.2, -0.15) is 0 Å². The van der Waals surface area contributed by atoms with Crippen LogP contribution in [0.4, 0.5) is 0 Å². The molecule has 0 heterocycles. The van der Waals surface area contributed by atoms with Gasteiger partial charge in [0.15, 0.2) is 11.5 Å². The zero-order valence-electron chi connectivity index (χ0n) is 15.5. The number of hydrogen-bond donors (Lipinski definition) is 1. The highest BCUT2D eigenvalue weighted by atomic mass is 79.9. The van der Waals surface area contributed by atoms with Crippen molar-refractivity contribution < 1.29 is 19.0 Å². The third kappa shape index (κ3) is 4.69. The van der Waals surface area contributed by atoms with Gasteiger partial charge in [-0.1, -0.05) is 25.1 Å². The molecule has 2 aromatic rings. The molecule has 0 fully saturated rings. The second-order valence-corrected chi connectivity index (χ2v) is 6.63. The lowest BCUT2D eigenvalue weighted by molar-refractivity contribution is 0.0939. The third-order valence-corrected chi connectivity index (χ3v) is 4.48. The minimum atomic E-state index is -0.209. The second-order valence-electron chi connectivity index (χ2n) is 5.78. The topological polar surface area (TPSA) is 56.8 Å². The van der Waals surface area contributed by atoms with E-state index >= 15 is 0 Å². The Labute approximate surface area is 162 Å². The van der Waals surface area contributed by atoms with Crippen molar-refractivity contribution in [3.8, 4) is 17.2 Å². The van der Waals surface area contributed by atoms with E-state index in [1.54, 1.807) is 26.4 Å². The molecule has 2 rings (SSSR count). The number of halogens is 1. The molecular formula is C20H24BrNO4. The molecule has 6 heteroatoms. The number of ether oxygens (including phenoxy) is 3. The summed E-state index contributed by atoms with van der Waals surface area (Å²) in [5.74, 6) is 1.65. The second kappa shape index (κ2) is 9.48. The van der Waals surface area contributed by atoms with Gasteiger partial charge in [-0.25, -0.2) is 0 Å². The Bertz CT molecular complexity index is 763. The molecule has 0 unspecified atom stereocenters. The molecule has 0 aliphatic carbocycles. The first kappa shape index (κ1) is 20.1. The molecule has 1 N–H and O–H groups in total. The fraction of sp³-hybridized carbons (Fsp3) is 0.350. The average Bonchev–Trinajstić information content (AvgIpc) is 2.66. The van der Waals surface area contributed by atoms with Crippen molar-refractivity contribution in [3.63, 3.8) is 0 Å². The maximum atomic E-state index is 12.7. The van der Waals surface area contributed by atoms with E-state index in [4.69, 9.17) is 14.2 Å². The molecule has 140 valence electrons. The lowest BCUT2D eigenvalue weighted by Crippen LogP contribution is -2.27. The van der Waals surface area contributed by atoms with Crippen molar-refractivity contribution >= 4 is 21.8 Å². The van der Waals surface area contributed by atoms with Gasteiger partial charge < -0.3 is 19.5 Å². The molecule has 26 heavy (non-hydrogen) atoms. The van der Waals surface area contributed by atoms with Crippen molar-refractivity contribution in [1.82, 2.24) is 5.32 Å². The number of amides is 1. The summed E-state index contributed by atoms with van der Waals surface area (Å²) >= 11 is 3.47. The van der Waals surface area contributed by atoms with Gasteiger partial charge in [-0.3, -0.25) is 4.79 Å². The minimum Gasteiger partial charge on any atom is -0.496 e. The predicted octanol–water partition coefficient (Wildman–Crippen LogP) is 4.75. The van der Waals surface area contributed by atoms with Crippen LogP contribution in [-0.4, -0.2) is 26.7 Å². The molecule has 0 saturated heterocycles. The number of methoxy groups -OCH3 is 2. The largest absolute Gasteiger partial charge is 0.496 e. The summed E-state index contributed by atoms with van der Waals surface area (Å²) < 4.78 is 17.1. The van der Waals surface area contributed by atoms with E-state index in [0.717, 1.165) is 17.7 Å². The van der Waals surface area contributed by atoms with Crippen LogP contribution < -0.4 is 19.5 Å². The van der Waals surface area contributed by atoms with E-state index in [1.807, 2.05) is 38.1 Å². The quantitative estimate of drug-likeness (QED) is 0.668. The molecule has 0 radical (unpaired) electrons. The zero-order valence-corrected chi connectivity index (χ0v) is 17.1. The summed E-state index contributed by atoms with van der Waals surface area (Å²) in [5.41, 5.74) is 1.40. The molecular weight excluding hydrogens is 398 g/mol. The van der Waals surface area contributed by atoms with Crippen LogP contribution in [0.1, 0.15) is 42.2 Å². The fourth-order valence-corrected chi connectivity index (χ4v) is 3.13. The van der Waals surface area contributed by atoms with Gasteiger partial charge in [-0.05, 0) is 47.5 Å². The van der Waals surface area contributed by atoms with Crippen molar-refractivity contribution in [3.05, 3.63) is 52.0 Å². The molecule has 1 atom stereocenters. The summed E-state index contributed by atoms with van der Waals surface area (Å²) in [6, 6.07) is 10.8. The monoisotopic (exact) mass is 421 g/mol. The Balaban J connectivity index is 2.22. The van der Waals surface area contributed by atoms with E-state index in [0.29, 0.717) is 28.1 Å². The number of rotatable bonds is 8. The Hall–Kier alpha value is -2.21. The van der Waals surface area contributed by atoms with Crippen LogP contribution in [0.25, 0.3) is 0 Å². The summed E-state index contributed by atoms with van der Waals surface area (Å²) in [7, 11) is 3.17. The summed E-state index contributed by atoms with van der Waals surface area (Å²) in [6.07, 6.45) is 0.883. The fourth-order valence-electron chi connectivity index (χ4n) is 2.58. The van der Waals surface area contributed by atoms with Crippen LogP contribution in [0.5, 0.6) is 17.2 Å². The highest BCUT2D eigenvalue weighted by molar-refractivity contribution is 9.10. The van der Waals surface area contributed by atoms with E-state index in [2.05, 4.69) is 21.2 Å². The highest BCUT2D eigenvalue weighted by Gasteiger charge is 2.18. The number of para-hydroxylation sites is 1. The highest BCUT2D eigenvalue weighted by Crippen LogP contribution is 2.37. The van der Waals surface area contributed by atoms with Crippen LogP contribution in [0, 0.1) is 0 Å². The number of nitrogens with one attached hydrogen (secondary N) is 1. The smallest absolute Gasteiger partial charge is 0.251 e. The average molecular weight is 422 g/mol. The molecule has 0 aliphatic rings. The Morgan fingerprint density at radius 1 is 1.15 bits per heavy atom. The van der Waals surface area contributed by atoms with Gasteiger partial charge in [-0.15, -0.1) is 0 Å². The molecule has 0 bridgehead atoms. The third-order valence-electron chi connectivity index (χ3n) is 3.90. The van der Waals surface area contributed by atoms with Crippen LogP contribution in [0.3, 0.4) is 0 Å². The van der Waals surface area contributed by atoms with E-state index in [-0.39, 0.29) is 11.9 Å². The molecule has 5 nitrogen and oxygen atoms in total.